The lowest BCUT2D eigenvalue weighted by Crippen LogP contribution is -2.25. The van der Waals surface area contributed by atoms with E-state index in [0.717, 1.165) is 13.1 Å². The lowest BCUT2D eigenvalue weighted by molar-refractivity contribution is 0.436. The van der Waals surface area contributed by atoms with E-state index in [-0.39, 0.29) is 6.04 Å². The number of aromatic nitrogens is 3. The van der Waals surface area contributed by atoms with Crippen molar-refractivity contribution in [1.29, 1.82) is 0 Å². The van der Waals surface area contributed by atoms with Gasteiger partial charge in [-0.05, 0) is 36.1 Å². The maximum absolute atomic E-state index is 4.23. The highest BCUT2D eigenvalue weighted by atomic mass is 15.3. The highest BCUT2D eigenvalue weighted by Crippen LogP contribution is 2.16. The minimum Gasteiger partial charge on any atom is -0.304 e. The van der Waals surface area contributed by atoms with Crippen LogP contribution in [0.2, 0.25) is 0 Å². The molecule has 1 aromatic heterocycles. The quantitative estimate of drug-likeness (QED) is 0.759. The summed E-state index contributed by atoms with van der Waals surface area (Å²) in [6, 6.07) is 17.3. The zero-order valence-electron chi connectivity index (χ0n) is 13.6. The molecule has 1 heterocycles. The average Bonchev–Trinajstić information content (AvgIpc) is 3.08. The highest BCUT2D eigenvalue weighted by Gasteiger charge is 2.12. The molecular formula is C19H22N4. The molecule has 3 aromatic rings. The number of hydrogen-bond donors (Lipinski definition) is 1. The second-order valence-corrected chi connectivity index (χ2v) is 5.88. The van der Waals surface area contributed by atoms with Gasteiger partial charge in [-0.2, -0.15) is 5.10 Å². The van der Waals surface area contributed by atoms with Crippen LogP contribution < -0.4 is 5.32 Å². The van der Waals surface area contributed by atoms with Gasteiger partial charge in [0.2, 0.25) is 0 Å². The number of nitrogens with one attached hydrogen (secondary N) is 1. The molecule has 23 heavy (non-hydrogen) atoms. The fraction of sp³-hybridized carbons (Fsp3) is 0.263. The second kappa shape index (κ2) is 7.20. The van der Waals surface area contributed by atoms with Crippen molar-refractivity contribution < 1.29 is 0 Å². The van der Waals surface area contributed by atoms with Crippen LogP contribution in [0.25, 0.3) is 0 Å². The minimum absolute atomic E-state index is 0.194. The van der Waals surface area contributed by atoms with Crippen LogP contribution >= 0.6 is 0 Å². The van der Waals surface area contributed by atoms with Gasteiger partial charge in [-0.15, -0.1) is 0 Å². The van der Waals surface area contributed by atoms with Crippen molar-refractivity contribution in [2.75, 3.05) is 0 Å². The zero-order chi connectivity index (χ0) is 16.1. The molecule has 0 aliphatic heterocycles. The normalized spacial score (nSPS) is 12.3. The number of aryl methyl sites for hydroxylation is 2. The van der Waals surface area contributed by atoms with E-state index in [2.05, 4.69) is 71.7 Å². The van der Waals surface area contributed by atoms with Gasteiger partial charge in [-0.3, -0.25) is 4.68 Å². The van der Waals surface area contributed by atoms with Gasteiger partial charge in [-0.1, -0.05) is 48.5 Å². The molecule has 0 saturated carbocycles. The number of benzene rings is 2. The first-order valence-electron chi connectivity index (χ1n) is 7.89. The van der Waals surface area contributed by atoms with Crippen LogP contribution in [0, 0.1) is 13.8 Å². The van der Waals surface area contributed by atoms with Crippen molar-refractivity contribution in [2.24, 2.45) is 0 Å². The Morgan fingerprint density at radius 3 is 2.57 bits per heavy atom. The van der Waals surface area contributed by atoms with Crippen molar-refractivity contribution >= 4 is 0 Å². The summed E-state index contributed by atoms with van der Waals surface area (Å²) in [6.45, 7) is 5.89. The van der Waals surface area contributed by atoms with Gasteiger partial charge < -0.3 is 5.32 Å². The first kappa shape index (κ1) is 15.4. The Labute approximate surface area is 137 Å². The van der Waals surface area contributed by atoms with Crippen molar-refractivity contribution in [3.05, 3.63) is 83.4 Å². The predicted molar refractivity (Wildman–Crippen MR) is 92.0 cm³/mol. The first-order valence-corrected chi connectivity index (χ1v) is 7.89. The summed E-state index contributed by atoms with van der Waals surface area (Å²) in [5.74, 6) is 0. The van der Waals surface area contributed by atoms with Crippen LogP contribution in [-0.2, 0) is 13.1 Å². The summed E-state index contributed by atoms with van der Waals surface area (Å²) >= 11 is 0. The number of hydrogen-bond acceptors (Lipinski definition) is 3. The Bertz CT molecular complexity index is 735. The summed E-state index contributed by atoms with van der Waals surface area (Å²) < 4.78 is 1.87. The first-order chi connectivity index (χ1) is 11.2. The van der Waals surface area contributed by atoms with E-state index in [1.54, 1.807) is 12.7 Å². The smallest absolute Gasteiger partial charge is 0.137 e. The van der Waals surface area contributed by atoms with Crippen molar-refractivity contribution in [1.82, 2.24) is 20.1 Å². The molecule has 2 aromatic carbocycles. The fourth-order valence-corrected chi connectivity index (χ4v) is 2.64. The molecule has 1 unspecified atom stereocenters. The molecule has 118 valence electrons. The molecule has 0 spiro atoms. The maximum Gasteiger partial charge on any atom is 0.137 e. The lowest BCUT2D eigenvalue weighted by atomic mass is 10.0. The van der Waals surface area contributed by atoms with E-state index in [9.17, 15) is 0 Å². The molecule has 0 aliphatic rings. The Balaban J connectivity index is 1.74. The highest BCUT2D eigenvalue weighted by molar-refractivity contribution is 5.30. The third-order valence-corrected chi connectivity index (χ3v) is 4.16. The van der Waals surface area contributed by atoms with Crippen molar-refractivity contribution in [3.63, 3.8) is 0 Å². The van der Waals surface area contributed by atoms with Gasteiger partial charge >= 0.3 is 0 Å². The summed E-state index contributed by atoms with van der Waals surface area (Å²) in [6.07, 6.45) is 3.33. The lowest BCUT2D eigenvalue weighted by Gasteiger charge is -2.19. The minimum atomic E-state index is 0.194. The summed E-state index contributed by atoms with van der Waals surface area (Å²) in [5.41, 5.74) is 5.22. The third-order valence-electron chi connectivity index (χ3n) is 4.16. The van der Waals surface area contributed by atoms with Gasteiger partial charge in [0.15, 0.2) is 0 Å². The molecule has 4 heteroatoms. The monoisotopic (exact) mass is 306 g/mol. The largest absolute Gasteiger partial charge is 0.304 e. The topological polar surface area (TPSA) is 42.7 Å². The van der Waals surface area contributed by atoms with Crippen molar-refractivity contribution in [3.8, 4) is 0 Å². The molecule has 0 bridgehead atoms. The van der Waals surface area contributed by atoms with E-state index < -0.39 is 0 Å². The molecule has 0 aliphatic carbocycles. The van der Waals surface area contributed by atoms with E-state index in [1.807, 2.05) is 10.7 Å². The van der Waals surface area contributed by atoms with E-state index in [0.29, 0.717) is 0 Å². The molecule has 1 N–H and O–H groups in total. The van der Waals surface area contributed by atoms with Crippen LogP contribution in [0.4, 0.5) is 0 Å². The van der Waals surface area contributed by atoms with Gasteiger partial charge in [-0.25, -0.2) is 4.98 Å². The Morgan fingerprint density at radius 1 is 1.04 bits per heavy atom. The standard InChI is InChI=1S/C19H22N4/c1-15-8-9-17(10-16(15)2)11-21-19(12-23-14-20-13-22-23)18-6-4-3-5-7-18/h3-10,13-14,19,21H,11-12H2,1-2H3. The van der Waals surface area contributed by atoms with Crippen LogP contribution in [-0.4, -0.2) is 14.8 Å². The van der Waals surface area contributed by atoms with E-state index >= 15 is 0 Å². The van der Waals surface area contributed by atoms with Gasteiger partial charge in [0.1, 0.15) is 12.7 Å². The molecule has 0 saturated heterocycles. The fourth-order valence-electron chi connectivity index (χ4n) is 2.64. The number of rotatable bonds is 6. The van der Waals surface area contributed by atoms with Gasteiger partial charge in [0.25, 0.3) is 0 Å². The molecule has 4 nitrogen and oxygen atoms in total. The van der Waals surface area contributed by atoms with Crippen LogP contribution in [0.1, 0.15) is 28.3 Å². The Hall–Kier alpha value is -2.46. The maximum atomic E-state index is 4.23. The molecule has 0 fully saturated rings. The molecule has 0 amide bonds. The zero-order valence-corrected chi connectivity index (χ0v) is 13.6. The molecule has 0 radical (unpaired) electrons. The van der Waals surface area contributed by atoms with E-state index in [1.165, 1.54) is 22.3 Å². The van der Waals surface area contributed by atoms with Gasteiger partial charge in [0, 0.05) is 6.54 Å². The Kier molecular flexibility index (Phi) is 4.83. The molecule has 1 atom stereocenters. The SMILES string of the molecule is Cc1ccc(CNC(Cn2cncn2)c2ccccc2)cc1C. The average molecular weight is 306 g/mol. The second-order valence-electron chi connectivity index (χ2n) is 5.88. The number of nitrogens with zero attached hydrogens (tertiary/aromatic N) is 3. The molecule has 3 rings (SSSR count). The molecular weight excluding hydrogens is 284 g/mol. The van der Waals surface area contributed by atoms with Gasteiger partial charge in [0.05, 0.1) is 12.6 Å². The van der Waals surface area contributed by atoms with Crippen molar-refractivity contribution in [2.45, 2.75) is 33.0 Å². The summed E-state index contributed by atoms with van der Waals surface area (Å²) in [5, 5.41) is 7.88. The van der Waals surface area contributed by atoms with Crippen LogP contribution in [0.5, 0.6) is 0 Å². The van der Waals surface area contributed by atoms with Crippen LogP contribution in [0.3, 0.4) is 0 Å². The Morgan fingerprint density at radius 2 is 1.87 bits per heavy atom. The van der Waals surface area contributed by atoms with E-state index in [4.69, 9.17) is 0 Å². The summed E-state index contributed by atoms with van der Waals surface area (Å²) in [7, 11) is 0. The summed E-state index contributed by atoms with van der Waals surface area (Å²) in [4.78, 5) is 4.03. The third kappa shape index (κ3) is 4.05. The predicted octanol–water partition coefficient (Wildman–Crippen LogP) is 3.43. The van der Waals surface area contributed by atoms with Crippen LogP contribution in [0.15, 0.2) is 61.2 Å².